The van der Waals surface area contributed by atoms with Crippen molar-refractivity contribution in [3.8, 4) is 16.9 Å². The topological polar surface area (TPSA) is 14.2 Å². The Hall–Kier alpha value is -2.74. The largest absolute Gasteiger partial charge is 0.463 e. The van der Waals surface area contributed by atoms with E-state index in [9.17, 15) is 0 Å². The number of hydrogen-bond donors (Lipinski definition) is 0. The summed E-state index contributed by atoms with van der Waals surface area (Å²) in [4.78, 5) is 0. The summed E-state index contributed by atoms with van der Waals surface area (Å²) in [7, 11) is 0. The fourth-order valence-electron chi connectivity index (χ4n) is 1.98. The molecule has 0 spiro atoms. The van der Waals surface area contributed by atoms with Crippen LogP contribution in [0.25, 0.3) is 17.3 Å². The second kappa shape index (κ2) is 5.93. The lowest BCUT2D eigenvalue weighted by Crippen LogP contribution is -1.85. The summed E-state index contributed by atoms with van der Waals surface area (Å²) in [6.07, 6.45) is 7.46. The SMILES string of the molecule is C(=C\n1cccc1)/Oc1ccc(-c2ccccc2)cc1. The van der Waals surface area contributed by atoms with Gasteiger partial charge in [-0.2, -0.15) is 0 Å². The second-order valence-electron chi connectivity index (χ2n) is 4.42. The van der Waals surface area contributed by atoms with Gasteiger partial charge in [-0.15, -0.1) is 0 Å². The summed E-state index contributed by atoms with van der Waals surface area (Å²) in [5.74, 6) is 0.827. The van der Waals surface area contributed by atoms with E-state index in [-0.39, 0.29) is 0 Å². The minimum atomic E-state index is 0.827. The minimum Gasteiger partial charge on any atom is -0.463 e. The lowest BCUT2D eigenvalue weighted by atomic mass is 10.1. The molecule has 1 aromatic heterocycles. The highest BCUT2D eigenvalue weighted by atomic mass is 16.5. The molecular weight excluding hydrogens is 246 g/mol. The second-order valence-corrected chi connectivity index (χ2v) is 4.42. The molecule has 3 rings (SSSR count). The molecule has 0 saturated carbocycles. The third-order valence-electron chi connectivity index (χ3n) is 3.03. The Kier molecular flexibility index (Phi) is 3.65. The van der Waals surface area contributed by atoms with Crippen LogP contribution in [0.5, 0.6) is 5.75 Å². The van der Waals surface area contributed by atoms with Gasteiger partial charge in [0.2, 0.25) is 0 Å². The highest BCUT2D eigenvalue weighted by molar-refractivity contribution is 5.63. The maximum absolute atomic E-state index is 5.57. The lowest BCUT2D eigenvalue weighted by Gasteiger charge is -2.03. The van der Waals surface area contributed by atoms with Crippen molar-refractivity contribution in [3.63, 3.8) is 0 Å². The van der Waals surface area contributed by atoms with Crippen molar-refractivity contribution in [3.05, 3.63) is 85.4 Å². The molecular formula is C18H15NO. The van der Waals surface area contributed by atoms with Gasteiger partial charge in [-0.3, -0.25) is 0 Å². The molecule has 0 unspecified atom stereocenters. The zero-order chi connectivity index (χ0) is 13.6. The van der Waals surface area contributed by atoms with Crippen LogP contribution in [0.4, 0.5) is 0 Å². The van der Waals surface area contributed by atoms with Crippen LogP contribution < -0.4 is 4.74 Å². The van der Waals surface area contributed by atoms with Gasteiger partial charge >= 0.3 is 0 Å². The van der Waals surface area contributed by atoms with E-state index in [1.54, 1.807) is 6.26 Å². The monoisotopic (exact) mass is 261 g/mol. The van der Waals surface area contributed by atoms with E-state index in [0.29, 0.717) is 0 Å². The molecule has 0 aliphatic carbocycles. The molecule has 1 heterocycles. The molecule has 0 bridgehead atoms. The Morgan fingerprint density at radius 1 is 0.700 bits per heavy atom. The Bertz CT molecular complexity index is 667. The number of rotatable bonds is 4. The molecule has 98 valence electrons. The molecule has 0 radical (unpaired) electrons. The standard InChI is InChI=1S/C18H15NO/c1-2-6-16(7-3-1)17-8-10-18(11-9-17)20-15-14-19-12-4-5-13-19/h1-15H/b15-14+. The van der Waals surface area contributed by atoms with Crippen LogP contribution in [0, 0.1) is 0 Å². The number of benzene rings is 2. The summed E-state index contributed by atoms with van der Waals surface area (Å²) < 4.78 is 7.50. The predicted octanol–water partition coefficient (Wildman–Crippen LogP) is 4.66. The summed E-state index contributed by atoms with van der Waals surface area (Å²) in [5, 5.41) is 0. The number of ether oxygens (including phenoxy) is 1. The minimum absolute atomic E-state index is 0.827. The third-order valence-corrected chi connectivity index (χ3v) is 3.03. The van der Waals surface area contributed by atoms with Crippen LogP contribution in [0.2, 0.25) is 0 Å². The van der Waals surface area contributed by atoms with Crippen molar-refractivity contribution in [2.45, 2.75) is 0 Å². The first-order valence-corrected chi connectivity index (χ1v) is 6.53. The molecule has 0 N–H and O–H groups in total. The first-order valence-electron chi connectivity index (χ1n) is 6.53. The average Bonchev–Trinajstić information content (AvgIpc) is 3.02. The van der Waals surface area contributed by atoms with Crippen molar-refractivity contribution in [2.75, 3.05) is 0 Å². The Morgan fingerprint density at radius 2 is 1.35 bits per heavy atom. The Balaban J connectivity index is 1.67. The van der Waals surface area contributed by atoms with Crippen molar-refractivity contribution in [2.24, 2.45) is 0 Å². The Morgan fingerprint density at radius 3 is 2.05 bits per heavy atom. The van der Waals surface area contributed by atoms with Crippen LogP contribution in [-0.4, -0.2) is 4.57 Å². The van der Waals surface area contributed by atoms with Gasteiger partial charge in [-0.1, -0.05) is 42.5 Å². The predicted molar refractivity (Wildman–Crippen MR) is 82.3 cm³/mol. The number of hydrogen-bond acceptors (Lipinski definition) is 1. The molecule has 0 saturated heterocycles. The molecule has 3 aromatic rings. The van der Waals surface area contributed by atoms with Gasteiger partial charge < -0.3 is 9.30 Å². The molecule has 2 heteroatoms. The molecule has 0 fully saturated rings. The van der Waals surface area contributed by atoms with E-state index < -0.39 is 0 Å². The van der Waals surface area contributed by atoms with Gasteiger partial charge in [0.25, 0.3) is 0 Å². The van der Waals surface area contributed by atoms with Crippen molar-refractivity contribution >= 4 is 6.20 Å². The van der Waals surface area contributed by atoms with E-state index in [1.165, 1.54) is 11.1 Å². The summed E-state index contributed by atoms with van der Waals surface area (Å²) >= 11 is 0. The fraction of sp³-hybridized carbons (Fsp3) is 0. The quantitative estimate of drug-likeness (QED) is 0.623. The maximum atomic E-state index is 5.57. The first-order chi connectivity index (χ1) is 9.92. The van der Waals surface area contributed by atoms with Gasteiger partial charge in [0.15, 0.2) is 0 Å². The van der Waals surface area contributed by atoms with Gasteiger partial charge in [0.1, 0.15) is 12.0 Å². The lowest BCUT2D eigenvalue weighted by molar-refractivity contribution is 0.483. The van der Waals surface area contributed by atoms with E-state index in [1.807, 2.05) is 65.6 Å². The molecule has 2 aromatic carbocycles. The van der Waals surface area contributed by atoms with Gasteiger partial charge in [-0.05, 0) is 35.4 Å². The smallest absolute Gasteiger partial charge is 0.126 e. The normalized spacial score (nSPS) is 10.8. The first kappa shape index (κ1) is 12.3. The van der Waals surface area contributed by atoms with Gasteiger partial charge in [0.05, 0.1) is 0 Å². The molecule has 0 amide bonds. The highest BCUT2D eigenvalue weighted by Crippen LogP contribution is 2.22. The van der Waals surface area contributed by atoms with Gasteiger partial charge in [-0.25, -0.2) is 0 Å². The zero-order valence-electron chi connectivity index (χ0n) is 11.0. The number of aromatic nitrogens is 1. The van der Waals surface area contributed by atoms with Gasteiger partial charge in [0, 0.05) is 18.6 Å². The zero-order valence-corrected chi connectivity index (χ0v) is 11.0. The molecule has 0 atom stereocenters. The van der Waals surface area contributed by atoms with E-state index in [0.717, 1.165) is 5.75 Å². The van der Waals surface area contributed by atoms with Crippen molar-refractivity contribution in [1.82, 2.24) is 4.57 Å². The van der Waals surface area contributed by atoms with Crippen LogP contribution in [0.3, 0.4) is 0 Å². The van der Waals surface area contributed by atoms with Crippen molar-refractivity contribution < 1.29 is 4.74 Å². The van der Waals surface area contributed by atoms with Crippen LogP contribution in [0.1, 0.15) is 0 Å². The van der Waals surface area contributed by atoms with Crippen LogP contribution in [0.15, 0.2) is 85.4 Å². The molecule has 0 aliphatic heterocycles. The van der Waals surface area contributed by atoms with Crippen molar-refractivity contribution in [1.29, 1.82) is 0 Å². The average molecular weight is 261 g/mol. The molecule has 20 heavy (non-hydrogen) atoms. The summed E-state index contributed by atoms with van der Waals surface area (Å²) in [5.41, 5.74) is 2.40. The number of nitrogens with zero attached hydrogens (tertiary/aromatic N) is 1. The van der Waals surface area contributed by atoms with Crippen LogP contribution in [-0.2, 0) is 0 Å². The van der Waals surface area contributed by atoms with E-state index in [2.05, 4.69) is 24.3 Å². The fourth-order valence-corrected chi connectivity index (χ4v) is 1.98. The van der Waals surface area contributed by atoms with E-state index in [4.69, 9.17) is 4.74 Å². The highest BCUT2D eigenvalue weighted by Gasteiger charge is 1.96. The van der Waals surface area contributed by atoms with Crippen LogP contribution >= 0.6 is 0 Å². The third kappa shape index (κ3) is 2.98. The summed E-state index contributed by atoms with van der Waals surface area (Å²) in [6, 6.07) is 22.3. The molecule has 0 aliphatic rings. The Labute approximate surface area is 118 Å². The summed E-state index contributed by atoms with van der Waals surface area (Å²) in [6.45, 7) is 0. The maximum Gasteiger partial charge on any atom is 0.126 e. The molecule has 2 nitrogen and oxygen atoms in total. The van der Waals surface area contributed by atoms with E-state index >= 15 is 0 Å².